The number of amides is 1. The molecule has 0 bridgehead atoms. The maximum atomic E-state index is 13.7. The lowest BCUT2D eigenvalue weighted by Gasteiger charge is -2.15. The summed E-state index contributed by atoms with van der Waals surface area (Å²) in [6, 6.07) is 20.2. The molecule has 1 saturated heterocycles. The number of likely N-dealkylation sites (tertiary alicyclic amines) is 1. The lowest BCUT2D eigenvalue weighted by atomic mass is 10.2. The molecular formula is C26H21N5O3. The Morgan fingerprint density at radius 1 is 1.12 bits per heavy atom. The van der Waals surface area contributed by atoms with E-state index in [0.717, 1.165) is 0 Å². The summed E-state index contributed by atoms with van der Waals surface area (Å²) in [6.45, 7) is 4.49. The molecule has 1 fully saturated rings. The Bertz CT molecular complexity index is 1480. The number of nitriles is 1. The number of hydrogen-bond acceptors (Lipinski definition) is 5. The molecule has 8 nitrogen and oxygen atoms in total. The van der Waals surface area contributed by atoms with Crippen LogP contribution in [0.5, 0.6) is 11.5 Å². The molecule has 168 valence electrons. The van der Waals surface area contributed by atoms with E-state index in [4.69, 9.17) is 4.74 Å². The van der Waals surface area contributed by atoms with E-state index in [0.29, 0.717) is 47.7 Å². The predicted molar refractivity (Wildman–Crippen MR) is 127 cm³/mol. The lowest BCUT2D eigenvalue weighted by Crippen LogP contribution is -2.31. The van der Waals surface area contributed by atoms with Gasteiger partial charge in [0, 0.05) is 19.3 Å². The highest BCUT2D eigenvalue weighted by molar-refractivity contribution is 5.87. The molecule has 0 spiro atoms. The Labute approximate surface area is 195 Å². The molecule has 0 saturated carbocycles. The predicted octanol–water partition coefficient (Wildman–Crippen LogP) is 3.81. The Balaban J connectivity index is 1.58. The van der Waals surface area contributed by atoms with Crippen molar-refractivity contribution in [3.8, 4) is 23.3 Å². The highest BCUT2D eigenvalue weighted by atomic mass is 16.5. The van der Waals surface area contributed by atoms with Crippen molar-refractivity contribution in [3.05, 3.63) is 95.7 Å². The summed E-state index contributed by atoms with van der Waals surface area (Å²) in [5, 5.41) is 9.71. The van der Waals surface area contributed by atoms with Gasteiger partial charge in [0.15, 0.2) is 5.69 Å². The van der Waals surface area contributed by atoms with Crippen molar-refractivity contribution in [2.24, 2.45) is 0 Å². The molecule has 3 heterocycles. The van der Waals surface area contributed by atoms with Gasteiger partial charge in [0.25, 0.3) is 0 Å². The topological polar surface area (TPSA) is 93.1 Å². The zero-order chi connectivity index (χ0) is 23.7. The summed E-state index contributed by atoms with van der Waals surface area (Å²) in [6.07, 6.45) is 3.44. The minimum atomic E-state index is -0.283. The summed E-state index contributed by atoms with van der Waals surface area (Å²) >= 11 is 0. The van der Waals surface area contributed by atoms with Crippen molar-refractivity contribution >= 4 is 16.9 Å². The summed E-state index contributed by atoms with van der Waals surface area (Å²) in [4.78, 5) is 31.6. The zero-order valence-electron chi connectivity index (χ0n) is 18.3. The third-order valence-corrected chi connectivity index (χ3v) is 5.98. The number of imidazole rings is 1. The largest absolute Gasteiger partial charge is 0.457 e. The average Bonchev–Trinajstić information content (AvgIpc) is 3.46. The number of nitrogens with zero attached hydrogens (tertiary/aromatic N) is 5. The summed E-state index contributed by atoms with van der Waals surface area (Å²) in [7, 11) is 0. The van der Waals surface area contributed by atoms with Gasteiger partial charge in [0.1, 0.15) is 23.1 Å². The standard InChI is InChI=1S/C26H21N5O3/c1-2-24(32)29-15-13-19(17-29)30-23-12-14-28-22(16-27)25(23)31(26(30)33)18-8-10-21(11-9-18)34-20-6-4-3-5-7-20/h2-12,14,19H,1,13,15,17H2/t19-/m1/s1. The summed E-state index contributed by atoms with van der Waals surface area (Å²) in [5.74, 6) is 1.17. The fourth-order valence-electron chi connectivity index (χ4n) is 4.41. The van der Waals surface area contributed by atoms with Gasteiger partial charge in [-0.05, 0) is 55.0 Å². The third kappa shape index (κ3) is 3.63. The average molecular weight is 451 g/mol. The number of ether oxygens (including phenoxy) is 1. The van der Waals surface area contributed by atoms with Crippen LogP contribution in [0.1, 0.15) is 18.2 Å². The van der Waals surface area contributed by atoms with E-state index in [-0.39, 0.29) is 23.3 Å². The van der Waals surface area contributed by atoms with Gasteiger partial charge in [0.05, 0.1) is 17.2 Å². The van der Waals surface area contributed by atoms with Crippen molar-refractivity contribution in [1.29, 1.82) is 5.26 Å². The Morgan fingerprint density at radius 2 is 1.85 bits per heavy atom. The van der Waals surface area contributed by atoms with Gasteiger partial charge in [-0.15, -0.1) is 0 Å². The second kappa shape index (κ2) is 8.71. The van der Waals surface area contributed by atoms with E-state index in [1.807, 2.05) is 30.3 Å². The van der Waals surface area contributed by atoms with Crippen molar-refractivity contribution in [2.45, 2.75) is 12.5 Å². The molecule has 1 aliphatic rings. The molecule has 0 aliphatic carbocycles. The molecule has 1 atom stereocenters. The number of benzene rings is 2. The monoisotopic (exact) mass is 451 g/mol. The molecule has 34 heavy (non-hydrogen) atoms. The van der Waals surface area contributed by atoms with Crippen molar-refractivity contribution < 1.29 is 9.53 Å². The molecule has 0 radical (unpaired) electrons. The molecule has 1 aliphatic heterocycles. The number of carbonyl (C=O) groups excluding carboxylic acids is 1. The Morgan fingerprint density at radius 3 is 2.56 bits per heavy atom. The molecule has 5 rings (SSSR count). The normalized spacial score (nSPS) is 15.3. The second-order valence-electron chi connectivity index (χ2n) is 7.97. The van der Waals surface area contributed by atoms with Gasteiger partial charge in [-0.3, -0.25) is 13.9 Å². The van der Waals surface area contributed by atoms with Crippen LogP contribution in [0.4, 0.5) is 0 Å². The van der Waals surface area contributed by atoms with Crippen molar-refractivity contribution in [2.75, 3.05) is 13.1 Å². The van der Waals surface area contributed by atoms with E-state index >= 15 is 0 Å². The van der Waals surface area contributed by atoms with Gasteiger partial charge in [-0.2, -0.15) is 5.26 Å². The van der Waals surface area contributed by atoms with E-state index in [1.54, 1.807) is 39.8 Å². The number of rotatable bonds is 5. The Hall–Kier alpha value is -4.64. The smallest absolute Gasteiger partial charge is 0.334 e. The minimum absolute atomic E-state index is 0.160. The van der Waals surface area contributed by atoms with Gasteiger partial charge in [0.2, 0.25) is 5.91 Å². The number of pyridine rings is 1. The SMILES string of the molecule is C=CC(=O)N1CC[C@@H](n2c(=O)n(-c3ccc(Oc4ccccc4)cc3)c3c(C#N)nccc32)C1. The third-order valence-electron chi connectivity index (χ3n) is 5.98. The van der Waals surface area contributed by atoms with Gasteiger partial charge < -0.3 is 9.64 Å². The van der Waals surface area contributed by atoms with Crippen LogP contribution in [0.25, 0.3) is 16.7 Å². The van der Waals surface area contributed by atoms with Crippen LogP contribution in [0, 0.1) is 11.3 Å². The van der Waals surface area contributed by atoms with Crippen molar-refractivity contribution in [3.63, 3.8) is 0 Å². The Kier molecular flexibility index (Phi) is 5.44. The maximum Gasteiger partial charge on any atom is 0.334 e. The molecule has 1 amide bonds. The van der Waals surface area contributed by atoms with E-state index in [1.165, 1.54) is 16.8 Å². The van der Waals surface area contributed by atoms with Crippen molar-refractivity contribution in [1.82, 2.24) is 19.0 Å². The first-order valence-corrected chi connectivity index (χ1v) is 10.9. The molecule has 0 unspecified atom stereocenters. The summed E-state index contributed by atoms with van der Waals surface area (Å²) in [5.41, 5.74) is 1.53. The van der Waals surface area contributed by atoms with Crippen LogP contribution >= 0.6 is 0 Å². The fraction of sp³-hybridized carbons (Fsp3) is 0.154. The van der Waals surface area contributed by atoms with E-state index in [2.05, 4.69) is 17.6 Å². The highest BCUT2D eigenvalue weighted by Crippen LogP contribution is 2.29. The molecule has 0 N–H and O–H groups in total. The first kappa shape index (κ1) is 21.2. The van der Waals surface area contributed by atoms with Crippen LogP contribution < -0.4 is 10.4 Å². The van der Waals surface area contributed by atoms with E-state index < -0.39 is 0 Å². The van der Waals surface area contributed by atoms with E-state index in [9.17, 15) is 14.9 Å². The number of fused-ring (bicyclic) bond motifs is 1. The van der Waals surface area contributed by atoms with Crippen LogP contribution in [0.2, 0.25) is 0 Å². The molecule has 8 heteroatoms. The molecule has 4 aromatic rings. The van der Waals surface area contributed by atoms with Crippen LogP contribution in [-0.4, -0.2) is 38.0 Å². The second-order valence-corrected chi connectivity index (χ2v) is 7.97. The molecule has 2 aromatic heterocycles. The van der Waals surface area contributed by atoms with Crippen LogP contribution in [0.15, 0.2) is 84.3 Å². The molecule has 2 aromatic carbocycles. The number of aromatic nitrogens is 3. The zero-order valence-corrected chi connectivity index (χ0v) is 18.3. The summed E-state index contributed by atoms with van der Waals surface area (Å²) < 4.78 is 9.03. The van der Waals surface area contributed by atoms with Gasteiger partial charge in [-0.1, -0.05) is 24.8 Å². The fourth-order valence-corrected chi connectivity index (χ4v) is 4.41. The highest BCUT2D eigenvalue weighted by Gasteiger charge is 2.30. The number of carbonyl (C=O) groups is 1. The lowest BCUT2D eigenvalue weighted by molar-refractivity contribution is -0.125. The van der Waals surface area contributed by atoms with Gasteiger partial charge in [-0.25, -0.2) is 9.78 Å². The van der Waals surface area contributed by atoms with Crippen LogP contribution in [-0.2, 0) is 4.79 Å². The minimum Gasteiger partial charge on any atom is -0.457 e. The first-order valence-electron chi connectivity index (χ1n) is 10.9. The van der Waals surface area contributed by atoms with Gasteiger partial charge >= 0.3 is 5.69 Å². The molecular weight excluding hydrogens is 430 g/mol. The van der Waals surface area contributed by atoms with Crippen LogP contribution in [0.3, 0.4) is 0 Å². The number of para-hydroxylation sites is 1. The maximum absolute atomic E-state index is 13.7. The quantitative estimate of drug-likeness (QED) is 0.430. The first-order chi connectivity index (χ1) is 16.6. The number of hydrogen-bond donors (Lipinski definition) is 0.